The second-order valence-electron chi connectivity index (χ2n) is 4.70. The van der Waals surface area contributed by atoms with E-state index in [1.807, 2.05) is 11.6 Å². The van der Waals surface area contributed by atoms with Gasteiger partial charge in [-0.25, -0.2) is 4.98 Å². The molecular formula is C12H20N2OS. The first-order chi connectivity index (χ1) is 7.79. The van der Waals surface area contributed by atoms with Crippen molar-refractivity contribution in [2.75, 3.05) is 6.61 Å². The van der Waals surface area contributed by atoms with Crippen molar-refractivity contribution < 1.29 is 4.74 Å². The largest absolute Gasteiger partial charge is 0.372 e. The Morgan fingerprint density at radius 1 is 1.31 bits per heavy atom. The maximum absolute atomic E-state index is 6.36. The van der Waals surface area contributed by atoms with Crippen LogP contribution in [0.3, 0.4) is 0 Å². The Labute approximate surface area is 101 Å². The van der Waals surface area contributed by atoms with Gasteiger partial charge in [-0.3, -0.25) is 0 Å². The highest BCUT2D eigenvalue weighted by Crippen LogP contribution is 2.25. The van der Waals surface area contributed by atoms with E-state index >= 15 is 0 Å². The summed E-state index contributed by atoms with van der Waals surface area (Å²) in [5, 5.41) is 3.01. The van der Waals surface area contributed by atoms with Crippen molar-refractivity contribution in [1.82, 2.24) is 4.98 Å². The SMILES string of the molecule is NC1(COCc2nccs2)CCCCCC1. The van der Waals surface area contributed by atoms with Crippen LogP contribution in [0.5, 0.6) is 0 Å². The fourth-order valence-electron chi connectivity index (χ4n) is 2.24. The van der Waals surface area contributed by atoms with Crippen LogP contribution in [-0.2, 0) is 11.3 Å². The van der Waals surface area contributed by atoms with Crippen LogP contribution in [0, 0.1) is 0 Å². The molecule has 0 bridgehead atoms. The number of hydrogen-bond acceptors (Lipinski definition) is 4. The number of nitrogens with two attached hydrogens (primary N) is 1. The number of aromatic nitrogens is 1. The summed E-state index contributed by atoms with van der Waals surface area (Å²) >= 11 is 1.64. The van der Waals surface area contributed by atoms with E-state index in [-0.39, 0.29) is 5.54 Å². The van der Waals surface area contributed by atoms with E-state index in [1.54, 1.807) is 11.3 Å². The summed E-state index contributed by atoms with van der Waals surface area (Å²) in [5.74, 6) is 0. The molecule has 0 atom stereocenters. The number of hydrogen-bond donors (Lipinski definition) is 1. The predicted octanol–water partition coefficient (Wildman–Crippen LogP) is 2.71. The van der Waals surface area contributed by atoms with Gasteiger partial charge in [0, 0.05) is 17.1 Å². The molecular weight excluding hydrogens is 220 g/mol. The van der Waals surface area contributed by atoms with E-state index in [2.05, 4.69) is 4.98 Å². The van der Waals surface area contributed by atoms with Crippen LogP contribution in [0.4, 0.5) is 0 Å². The molecule has 0 aromatic carbocycles. The van der Waals surface area contributed by atoms with Crippen LogP contribution in [0.15, 0.2) is 11.6 Å². The number of rotatable bonds is 4. The quantitative estimate of drug-likeness (QED) is 0.823. The Morgan fingerprint density at radius 3 is 2.69 bits per heavy atom. The van der Waals surface area contributed by atoms with Crippen molar-refractivity contribution in [1.29, 1.82) is 0 Å². The monoisotopic (exact) mass is 240 g/mol. The minimum Gasteiger partial charge on any atom is -0.372 e. The summed E-state index contributed by atoms with van der Waals surface area (Å²) in [6.45, 7) is 1.28. The standard InChI is InChI=1S/C12H20N2OS/c13-12(5-3-1-2-4-6-12)10-15-9-11-14-7-8-16-11/h7-8H,1-6,9-10,13H2. The van der Waals surface area contributed by atoms with Crippen LogP contribution < -0.4 is 5.73 Å². The van der Waals surface area contributed by atoms with Gasteiger partial charge in [0.1, 0.15) is 5.01 Å². The molecule has 3 nitrogen and oxygen atoms in total. The molecule has 1 aromatic heterocycles. The second-order valence-corrected chi connectivity index (χ2v) is 5.67. The average Bonchev–Trinajstić information content (AvgIpc) is 2.68. The molecule has 1 saturated carbocycles. The number of ether oxygens (including phenoxy) is 1. The minimum atomic E-state index is -0.0895. The topological polar surface area (TPSA) is 48.1 Å². The molecule has 2 N–H and O–H groups in total. The van der Waals surface area contributed by atoms with Crippen LogP contribution in [0.25, 0.3) is 0 Å². The normalized spacial score (nSPS) is 20.6. The third kappa shape index (κ3) is 3.54. The first-order valence-electron chi connectivity index (χ1n) is 6.04. The Balaban J connectivity index is 1.75. The molecule has 0 radical (unpaired) electrons. The van der Waals surface area contributed by atoms with Crippen molar-refractivity contribution in [2.24, 2.45) is 5.73 Å². The molecule has 0 spiro atoms. The zero-order valence-corrected chi connectivity index (χ0v) is 10.5. The van der Waals surface area contributed by atoms with Gasteiger partial charge in [-0.05, 0) is 12.8 Å². The van der Waals surface area contributed by atoms with Gasteiger partial charge in [0.2, 0.25) is 0 Å². The fraction of sp³-hybridized carbons (Fsp3) is 0.750. The fourth-order valence-corrected chi connectivity index (χ4v) is 2.79. The van der Waals surface area contributed by atoms with E-state index in [0.717, 1.165) is 17.8 Å². The molecule has 0 amide bonds. The van der Waals surface area contributed by atoms with Crippen LogP contribution in [0.1, 0.15) is 43.5 Å². The molecule has 1 heterocycles. The Hall–Kier alpha value is -0.450. The summed E-state index contributed by atoms with van der Waals surface area (Å²) in [5.41, 5.74) is 6.27. The molecule has 2 rings (SSSR count). The van der Waals surface area contributed by atoms with Gasteiger partial charge in [0.05, 0.1) is 13.2 Å². The lowest BCUT2D eigenvalue weighted by atomic mass is 9.93. The maximum atomic E-state index is 6.36. The Kier molecular flexibility index (Phi) is 4.32. The number of thiazole rings is 1. The third-order valence-electron chi connectivity index (χ3n) is 3.20. The van der Waals surface area contributed by atoms with Gasteiger partial charge in [0.15, 0.2) is 0 Å². The van der Waals surface area contributed by atoms with Gasteiger partial charge in [-0.1, -0.05) is 25.7 Å². The molecule has 0 aliphatic heterocycles. The first-order valence-corrected chi connectivity index (χ1v) is 6.91. The summed E-state index contributed by atoms with van der Waals surface area (Å²) in [6, 6.07) is 0. The van der Waals surface area contributed by atoms with Crippen molar-refractivity contribution in [3.8, 4) is 0 Å². The smallest absolute Gasteiger partial charge is 0.118 e. The number of nitrogens with zero attached hydrogens (tertiary/aromatic N) is 1. The Morgan fingerprint density at radius 2 is 2.06 bits per heavy atom. The molecule has 4 heteroatoms. The van der Waals surface area contributed by atoms with Crippen molar-refractivity contribution in [3.63, 3.8) is 0 Å². The highest BCUT2D eigenvalue weighted by atomic mass is 32.1. The van der Waals surface area contributed by atoms with Crippen molar-refractivity contribution >= 4 is 11.3 Å². The minimum absolute atomic E-state index is 0.0895. The molecule has 0 unspecified atom stereocenters. The summed E-state index contributed by atoms with van der Waals surface area (Å²) in [6.07, 6.45) is 9.16. The highest BCUT2D eigenvalue weighted by molar-refractivity contribution is 7.09. The first kappa shape index (κ1) is 12.0. The van der Waals surface area contributed by atoms with E-state index < -0.39 is 0 Å². The van der Waals surface area contributed by atoms with E-state index in [0.29, 0.717) is 13.2 Å². The van der Waals surface area contributed by atoms with Crippen molar-refractivity contribution in [2.45, 2.75) is 50.7 Å². The molecule has 1 aliphatic rings. The zero-order valence-electron chi connectivity index (χ0n) is 9.65. The lowest BCUT2D eigenvalue weighted by Crippen LogP contribution is -2.43. The molecule has 16 heavy (non-hydrogen) atoms. The maximum Gasteiger partial charge on any atom is 0.118 e. The van der Waals surface area contributed by atoms with Gasteiger partial charge in [-0.2, -0.15) is 0 Å². The lowest BCUT2D eigenvalue weighted by molar-refractivity contribution is 0.0666. The average molecular weight is 240 g/mol. The van der Waals surface area contributed by atoms with Crippen LogP contribution in [0.2, 0.25) is 0 Å². The van der Waals surface area contributed by atoms with E-state index in [9.17, 15) is 0 Å². The van der Waals surface area contributed by atoms with Gasteiger partial charge < -0.3 is 10.5 Å². The molecule has 1 fully saturated rings. The summed E-state index contributed by atoms with van der Waals surface area (Å²) in [7, 11) is 0. The summed E-state index contributed by atoms with van der Waals surface area (Å²) in [4.78, 5) is 4.19. The molecule has 0 saturated heterocycles. The van der Waals surface area contributed by atoms with E-state index in [4.69, 9.17) is 10.5 Å². The highest BCUT2D eigenvalue weighted by Gasteiger charge is 2.26. The van der Waals surface area contributed by atoms with Crippen LogP contribution in [-0.4, -0.2) is 17.1 Å². The molecule has 1 aromatic rings. The van der Waals surface area contributed by atoms with E-state index in [1.165, 1.54) is 25.7 Å². The van der Waals surface area contributed by atoms with Crippen LogP contribution >= 0.6 is 11.3 Å². The lowest BCUT2D eigenvalue weighted by Gasteiger charge is -2.27. The van der Waals surface area contributed by atoms with Gasteiger partial charge in [0.25, 0.3) is 0 Å². The van der Waals surface area contributed by atoms with Gasteiger partial charge >= 0.3 is 0 Å². The zero-order chi connectivity index (χ0) is 11.3. The Bertz CT molecular complexity index is 292. The van der Waals surface area contributed by atoms with Crippen molar-refractivity contribution in [3.05, 3.63) is 16.6 Å². The summed E-state index contributed by atoms with van der Waals surface area (Å²) < 4.78 is 5.70. The predicted molar refractivity (Wildman–Crippen MR) is 66.4 cm³/mol. The molecule has 1 aliphatic carbocycles. The second kappa shape index (κ2) is 5.75. The molecule has 90 valence electrons. The van der Waals surface area contributed by atoms with Gasteiger partial charge in [-0.15, -0.1) is 11.3 Å². The third-order valence-corrected chi connectivity index (χ3v) is 3.95.